The Morgan fingerprint density at radius 1 is 1.17 bits per heavy atom. The SMILES string of the molecule is CC(C)CSc1nnc(NC(=O)CN(c2cc(C(F)(F)F)ccc2Cl)S(=O)(=O)c2ccccc2)s1. The smallest absolute Gasteiger partial charge is 0.299 e. The number of amides is 1. The molecule has 0 atom stereocenters. The fourth-order valence-corrected chi connectivity index (χ4v) is 6.21. The van der Waals surface area contributed by atoms with Crippen LogP contribution in [-0.2, 0) is 21.0 Å². The van der Waals surface area contributed by atoms with Crippen molar-refractivity contribution >= 4 is 61.4 Å². The van der Waals surface area contributed by atoms with E-state index in [1.54, 1.807) is 6.07 Å². The monoisotopic (exact) mass is 564 g/mol. The van der Waals surface area contributed by atoms with Crippen LogP contribution in [0.1, 0.15) is 19.4 Å². The van der Waals surface area contributed by atoms with Crippen LogP contribution in [0.15, 0.2) is 57.8 Å². The van der Waals surface area contributed by atoms with Gasteiger partial charge in [0, 0.05) is 5.75 Å². The van der Waals surface area contributed by atoms with E-state index in [1.807, 2.05) is 13.8 Å². The number of carbonyl (C=O) groups is 1. The minimum Gasteiger partial charge on any atom is -0.299 e. The summed E-state index contributed by atoms with van der Waals surface area (Å²) in [5.41, 5.74) is -1.59. The highest BCUT2D eigenvalue weighted by molar-refractivity contribution is 8.01. The first kappa shape index (κ1) is 27.2. The van der Waals surface area contributed by atoms with E-state index in [-0.39, 0.29) is 15.0 Å². The third-order valence-corrected chi connectivity index (χ3v) is 8.85. The van der Waals surface area contributed by atoms with Gasteiger partial charge in [-0.1, -0.05) is 66.7 Å². The maximum Gasteiger partial charge on any atom is 0.416 e. The van der Waals surface area contributed by atoms with Crippen molar-refractivity contribution in [3.63, 3.8) is 0 Å². The molecule has 188 valence electrons. The van der Waals surface area contributed by atoms with Gasteiger partial charge in [0.1, 0.15) is 6.54 Å². The molecule has 0 saturated carbocycles. The normalized spacial score (nSPS) is 12.1. The van der Waals surface area contributed by atoms with Crippen LogP contribution in [0.5, 0.6) is 0 Å². The molecule has 3 aromatic rings. The zero-order chi connectivity index (χ0) is 25.8. The Bertz CT molecular complexity index is 1290. The summed E-state index contributed by atoms with van der Waals surface area (Å²) < 4.78 is 67.9. The van der Waals surface area contributed by atoms with Crippen LogP contribution >= 0.6 is 34.7 Å². The molecule has 0 spiro atoms. The number of nitrogens with zero attached hydrogens (tertiary/aromatic N) is 3. The molecule has 0 fully saturated rings. The fourth-order valence-electron chi connectivity index (χ4n) is 2.75. The van der Waals surface area contributed by atoms with Gasteiger partial charge in [0.25, 0.3) is 10.0 Å². The minimum absolute atomic E-state index is 0.133. The average molecular weight is 565 g/mol. The van der Waals surface area contributed by atoms with E-state index in [1.165, 1.54) is 36.0 Å². The zero-order valence-electron chi connectivity index (χ0n) is 18.4. The van der Waals surface area contributed by atoms with Crippen LogP contribution in [-0.4, -0.2) is 36.8 Å². The van der Waals surface area contributed by atoms with Crippen molar-refractivity contribution in [3.8, 4) is 0 Å². The Hall–Kier alpha value is -2.35. The summed E-state index contributed by atoms with van der Waals surface area (Å²) in [5, 5.41) is 10.2. The highest BCUT2D eigenvalue weighted by Crippen LogP contribution is 2.37. The van der Waals surface area contributed by atoms with Crippen molar-refractivity contribution in [1.82, 2.24) is 10.2 Å². The predicted octanol–water partition coefficient (Wildman–Crippen LogP) is 5.79. The minimum atomic E-state index is -4.75. The number of carbonyl (C=O) groups excluding carboxylic acids is 1. The van der Waals surface area contributed by atoms with E-state index in [0.717, 1.165) is 29.2 Å². The zero-order valence-corrected chi connectivity index (χ0v) is 21.6. The van der Waals surface area contributed by atoms with Crippen LogP contribution in [0.4, 0.5) is 24.0 Å². The Morgan fingerprint density at radius 2 is 1.86 bits per heavy atom. The maximum atomic E-state index is 13.4. The molecule has 35 heavy (non-hydrogen) atoms. The van der Waals surface area contributed by atoms with Crippen molar-refractivity contribution in [1.29, 1.82) is 0 Å². The molecule has 0 bridgehead atoms. The van der Waals surface area contributed by atoms with Gasteiger partial charge in [0.05, 0.1) is 21.2 Å². The molecular formula is C21H20ClF3N4O3S3. The van der Waals surface area contributed by atoms with Crippen LogP contribution in [0, 0.1) is 5.92 Å². The first-order chi connectivity index (χ1) is 16.4. The van der Waals surface area contributed by atoms with Crippen LogP contribution in [0.25, 0.3) is 0 Å². The fraction of sp³-hybridized carbons (Fsp3) is 0.286. The number of thioether (sulfide) groups is 1. The van der Waals surface area contributed by atoms with E-state index in [9.17, 15) is 26.4 Å². The molecule has 1 N–H and O–H groups in total. The molecule has 0 aliphatic rings. The molecule has 0 aliphatic heterocycles. The van der Waals surface area contributed by atoms with E-state index in [2.05, 4.69) is 15.5 Å². The number of hydrogen-bond donors (Lipinski definition) is 1. The summed E-state index contributed by atoms with van der Waals surface area (Å²) in [6.45, 7) is 3.24. The van der Waals surface area contributed by atoms with Crippen LogP contribution < -0.4 is 9.62 Å². The topological polar surface area (TPSA) is 92.3 Å². The number of benzene rings is 2. The van der Waals surface area contributed by atoms with Crippen molar-refractivity contribution in [2.24, 2.45) is 5.92 Å². The van der Waals surface area contributed by atoms with Gasteiger partial charge in [0.15, 0.2) is 4.34 Å². The van der Waals surface area contributed by atoms with Crippen molar-refractivity contribution in [2.75, 3.05) is 21.9 Å². The molecule has 14 heteroatoms. The molecule has 1 aromatic heterocycles. The summed E-state index contributed by atoms with van der Waals surface area (Å²) in [7, 11) is -4.46. The highest BCUT2D eigenvalue weighted by Gasteiger charge is 2.34. The summed E-state index contributed by atoms with van der Waals surface area (Å²) in [6, 6.07) is 9.30. The van der Waals surface area contributed by atoms with Gasteiger partial charge < -0.3 is 0 Å². The molecule has 0 unspecified atom stereocenters. The van der Waals surface area contributed by atoms with Crippen molar-refractivity contribution < 1.29 is 26.4 Å². The van der Waals surface area contributed by atoms with E-state index in [0.29, 0.717) is 20.6 Å². The number of alkyl halides is 3. The van der Waals surface area contributed by atoms with Crippen LogP contribution in [0.3, 0.4) is 0 Å². The third-order valence-electron chi connectivity index (χ3n) is 4.35. The van der Waals surface area contributed by atoms with E-state index < -0.39 is 39.9 Å². The molecule has 0 saturated heterocycles. The first-order valence-electron chi connectivity index (χ1n) is 10.1. The molecule has 3 rings (SSSR count). The number of aromatic nitrogens is 2. The standard InChI is InChI=1S/C21H20ClF3N4O3S3/c1-13(2)12-33-20-28-27-19(34-20)26-18(30)11-29(35(31,32)15-6-4-3-5-7-15)17-10-14(21(23,24)25)8-9-16(17)22/h3-10,13H,11-12H2,1-2H3,(H,26,27,30). The molecule has 0 aliphatic carbocycles. The first-order valence-corrected chi connectivity index (χ1v) is 13.7. The van der Waals surface area contributed by atoms with Crippen LogP contribution in [0.2, 0.25) is 5.02 Å². The van der Waals surface area contributed by atoms with Gasteiger partial charge >= 0.3 is 6.18 Å². The Morgan fingerprint density at radius 3 is 2.49 bits per heavy atom. The number of hydrogen-bond acceptors (Lipinski definition) is 7. The summed E-state index contributed by atoms with van der Waals surface area (Å²) in [6.07, 6.45) is -4.75. The second-order valence-electron chi connectivity index (χ2n) is 7.61. The molecule has 1 heterocycles. The number of rotatable bonds is 9. The second-order valence-corrected chi connectivity index (χ2v) is 12.1. The molecule has 0 radical (unpaired) electrons. The van der Waals surface area contributed by atoms with Crippen molar-refractivity contribution in [3.05, 3.63) is 59.1 Å². The van der Waals surface area contributed by atoms with Gasteiger partial charge in [0.2, 0.25) is 11.0 Å². The van der Waals surface area contributed by atoms with Gasteiger partial charge in [-0.05, 0) is 36.2 Å². The molecular weight excluding hydrogens is 545 g/mol. The predicted molar refractivity (Wildman–Crippen MR) is 132 cm³/mol. The Kier molecular flexibility index (Phi) is 8.67. The quantitative estimate of drug-likeness (QED) is 0.261. The lowest BCUT2D eigenvalue weighted by molar-refractivity contribution is -0.137. The third kappa shape index (κ3) is 7.09. The summed E-state index contributed by atoms with van der Waals surface area (Å²) in [5.74, 6) is 0.380. The Labute approximate surface area is 213 Å². The number of nitrogens with one attached hydrogen (secondary N) is 1. The average Bonchev–Trinajstić information content (AvgIpc) is 3.23. The molecule has 2 aromatic carbocycles. The van der Waals surface area contributed by atoms with Gasteiger partial charge in [-0.3, -0.25) is 14.4 Å². The Balaban J connectivity index is 1.94. The van der Waals surface area contributed by atoms with Crippen molar-refractivity contribution in [2.45, 2.75) is 29.3 Å². The van der Waals surface area contributed by atoms with Gasteiger partial charge in [-0.15, -0.1) is 10.2 Å². The van der Waals surface area contributed by atoms with E-state index >= 15 is 0 Å². The lowest BCUT2D eigenvalue weighted by atomic mass is 10.2. The number of halogens is 4. The molecule has 7 nitrogen and oxygen atoms in total. The lowest BCUT2D eigenvalue weighted by Gasteiger charge is -2.25. The summed E-state index contributed by atoms with van der Waals surface area (Å²) >= 11 is 8.68. The van der Waals surface area contributed by atoms with Gasteiger partial charge in [-0.25, -0.2) is 8.42 Å². The number of anilines is 2. The number of sulfonamides is 1. The highest BCUT2D eigenvalue weighted by atomic mass is 35.5. The maximum absolute atomic E-state index is 13.4. The lowest BCUT2D eigenvalue weighted by Crippen LogP contribution is -2.38. The largest absolute Gasteiger partial charge is 0.416 e. The molecule has 1 amide bonds. The second kappa shape index (κ2) is 11.1. The van der Waals surface area contributed by atoms with Gasteiger partial charge in [-0.2, -0.15) is 13.2 Å². The van der Waals surface area contributed by atoms with E-state index in [4.69, 9.17) is 11.6 Å². The summed E-state index contributed by atoms with van der Waals surface area (Å²) in [4.78, 5) is 12.6.